The molecule has 0 bridgehead atoms. The fourth-order valence-corrected chi connectivity index (χ4v) is 11.5. The molecule has 1 saturated heterocycles. The first-order chi connectivity index (χ1) is 37.8. The van der Waals surface area contributed by atoms with Gasteiger partial charge in [0.05, 0.1) is 48.6 Å². The number of benzene rings is 2. The largest absolute Gasteiger partial charge is 0.458 e. The first kappa shape index (κ1) is 56.0. The van der Waals surface area contributed by atoms with Gasteiger partial charge in [0, 0.05) is 60.7 Å². The van der Waals surface area contributed by atoms with Crippen molar-refractivity contribution in [3.8, 4) is 11.4 Å². The van der Waals surface area contributed by atoms with Crippen LogP contribution in [-0.4, -0.2) is 117 Å². The Morgan fingerprint density at radius 3 is 2.33 bits per heavy atom. The maximum Gasteiger partial charge on any atom is 0.343 e. The number of aliphatic hydroxyl groups is 1. The summed E-state index contributed by atoms with van der Waals surface area (Å²) in [6, 6.07) is 10.6. The average Bonchev–Trinajstić information content (AvgIpc) is 3.81. The van der Waals surface area contributed by atoms with Gasteiger partial charge in [-0.1, -0.05) is 50.6 Å². The Balaban J connectivity index is 0.774. The van der Waals surface area contributed by atoms with Crippen LogP contribution < -0.4 is 32.1 Å². The zero-order valence-electron chi connectivity index (χ0n) is 44.5. The van der Waals surface area contributed by atoms with Crippen molar-refractivity contribution in [3.05, 3.63) is 97.6 Å². The number of hydrogen-bond donors (Lipinski definition) is 6. The van der Waals surface area contributed by atoms with E-state index >= 15 is 4.39 Å². The number of cyclic esters (lactones) is 1. The van der Waals surface area contributed by atoms with Gasteiger partial charge in [0.2, 0.25) is 41.4 Å². The molecule has 2 aromatic carbocycles. The highest BCUT2D eigenvalue weighted by Gasteiger charge is 2.48. The number of ketones is 1. The number of carbonyl (C=O) groups is 9. The minimum Gasteiger partial charge on any atom is -0.458 e. The number of hydrogen-bond acceptors (Lipinski definition) is 14. The Morgan fingerprint density at radius 1 is 0.899 bits per heavy atom. The molecule has 5 aliphatic rings. The van der Waals surface area contributed by atoms with Crippen LogP contribution >= 0.6 is 0 Å². The number of likely N-dealkylation sites (tertiary alicyclic amines) is 1. The van der Waals surface area contributed by atoms with Gasteiger partial charge in [0.15, 0.2) is 11.4 Å². The van der Waals surface area contributed by atoms with Crippen molar-refractivity contribution in [1.29, 1.82) is 0 Å². The molecule has 5 heterocycles. The summed E-state index contributed by atoms with van der Waals surface area (Å²) in [6.07, 6.45) is 4.46. The molecular weight excluding hydrogens is 1020 g/mol. The van der Waals surface area contributed by atoms with E-state index in [2.05, 4.69) is 26.6 Å². The molecule has 21 nitrogen and oxygen atoms in total. The predicted molar refractivity (Wildman–Crippen MR) is 281 cm³/mol. The second-order valence-electron chi connectivity index (χ2n) is 21.3. The van der Waals surface area contributed by atoms with Crippen LogP contribution in [0.4, 0.5) is 4.39 Å². The molecule has 6 N–H and O–H groups in total. The molecule has 7 amide bonds. The minimum atomic E-state index is -2.04. The lowest BCUT2D eigenvalue weighted by molar-refractivity contribution is -0.172. The second kappa shape index (κ2) is 23.3. The quantitative estimate of drug-likeness (QED) is 0.0237. The van der Waals surface area contributed by atoms with Gasteiger partial charge in [-0.2, -0.15) is 0 Å². The Bertz CT molecular complexity index is 3230. The zero-order valence-corrected chi connectivity index (χ0v) is 44.5. The van der Waals surface area contributed by atoms with Gasteiger partial charge >= 0.3 is 5.97 Å². The van der Waals surface area contributed by atoms with Crippen LogP contribution in [0.15, 0.2) is 47.3 Å². The van der Waals surface area contributed by atoms with Gasteiger partial charge in [-0.25, -0.2) is 14.2 Å². The average molecular weight is 1090 g/mol. The Morgan fingerprint density at radius 2 is 1.62 bits per heavy atom. The number of fused-ring (bicyclic) bond motifs is 5. The Kier molecular flexibility index (Phi) is 16.5. The molecule has 4 aromatic rings. The van der Waals surface area contributed by atoms with Gasteiger partial charge in [-0.05, 0) is 92.5 Å². The molecule has 1 saturated carbocycles. The van der Waals surface area contributed by atoms with Gasteiger partial charge in [-0.3, -0.25) is 48.1 Å². The number of nitrogens with one attached hydrogen (secondary N) is 5. The molecule has 3 aliphatic heterocycles. The molecule has 22 heteroatoms. The summed E-state index contributed by atoms with van der Waals surface area (Å²) in [4.78, 5) is 136. The van der Waals surface area contributed by atoms with E-state index in [0.29, 0.717) is 91.5 Å². The molecule has 0 spiro atoms. The minimum absolute atomic E-state index is 0.0380. The maximum absolute atomic E-state index is 15.5. The van der Waals surface area contributed by atoms with E-state index in [-0.39, 0.29) is 98.5 Å². The third kappa shape index (κ3) is 11.4. The molecule has 79 heavy (non-hydrogen) atoms. The van der Waals surface area contributed by atoms with Crippen LogP contribution in [0.5, 0.6) is 0 Å². The van der Waals surface area contributed by atoms with Gasteiger partial charge in [-0.15, -0.1) is 0 Å². The standard InChI is InChI=1S/C57H65FN8O13/c1-4-57(77)38-23-42-51-36(28-66(42)54(75)37(38)29-78-55(57)76)49-34(15-16-35-32(3)39(58)24-40(64-51)50(35)49)22-43(67)56(17-11-18-56)79-30-62-46(70)26-61-52(73)41(21-33-12-7-5-8-13-33)63-47(71)27-60-45(69)25-59-44(68)14-9-6-10-19-65-48(72)20-31(2)53(65)74/h5,7-8,12-13,23-24,31,34,41,77H,4,6,9-11,14-22,25-30H2,1-3H3,(H,59,68)(H,60,69)(H,61,73)(H,62,70)(H,63,71)/t31?,34-,41+,57+/m1/s1. The predicted octanol–water partition coefficient (Wildman–Crippen LogP) is 2.56. The molecule has 418 valence electrons. The maximum atomic E-state index is 15.5. The smallest absolute Gasteiger partial charge is 0.343 e. The number of ether oxygens (including phenoxy) is 2. The van der Waals surface area contributed by atoms with Crippen LogP contribution in [0, 0.1) is 18.7 Å². The normalized spacial score (nSPS) is 19.8. The lowest BCUT2D eigenvalue weighted by atomic mass is 9.70. The fourth-order valence-electron chi connectivity index (χ4n) is 11.5. The van der Waals surface area contributed by atoms with Crippen molar-refractivity contribution in [1.82, 2.24) is 41.0 Å². The third-order valence-corrected chi connectivity index (χ3v) is 16.2. The highest BCUT2D eigenvalue weighted by molar-refractivity contribution is 6.03. The van der Waals surface area contributed by atoms with Gasteiger partial charge in [0.25, 0.3) is 5.56 Å². The van der Waals surface area contributed by atoms with Crippen molar-refractivity contribution in [2.45, 2.75) is 141 Å². The number of nitrogens with zero attached hydrogens (tertiary/aromatic N) is 3. The lowest BCUT2D eigenvalue weighted by Gasteiger charge is -2.41. The number of unbranched alkanes of at least 4 members (excludes halogenated alkanes) is 2. The Hall–Kier alpha value is -7.72. The van der Waals surface area contributed by atoms with Crippen LogP contribution in [0.2, 0.25) is 0 Å². The monoisotopic (exact) mass is 1090 g/mol. The number of aromatic nitrogens is 2. The lowest BCUT2D eigenvalue weighted by Crippen LogP contribution is -2.53. The van der Waals surface area contributed by atoms with E-state index in [1.54, 1.807) is 57.2 Å². The number of Topliss-reactive ketones (excluding diaryl/α,β-unsaturated/α-hetero) is 1. The number of aryl methyl sites for hydroxylation is 1. The van der Waals surface area contributed by atoms with Crippen LogP contribution in [0.1, 0.15) is 129 Å². The van der Waals surface area contributed by atoms with E-state index in [9.17, 15) is 53.1 Å². The zero-order chi connectivity index (χ0) is 56.3. The van der Waals surface area contributed by atoms with E-state index in [4.69, 9.17) is 14.5 Å². The van der Waals surface area contributed by atoms with Crippen molar-refractivity contribution < 1.29 is 62.1 Å². The number of esters is 1. The molecule has 0 radical (unpaired) electrons. The number of carbonyl (C=O) groups excluding carboxylic acids is 9. The highest BCUT2D eigenvalue weighted by Crippen LogP contribution is 2.49. The van der Waals surface area contributed by atoms with E-state index in [1.807, 2.05) is 0 Å². The SMILES string of the molecule is CC[C@@]1(O)C(=O)OCc2c1cc1n(c2=O)Cc2c-1nc1cc(F)c(C)c3c1c2[C@@H](CC(=O)C1(OCNC(=O)CNC(=O)[C@H](Cc2ccccc2)NC(=O)CNC(=O)CNC(=O)CCCCCN2C(=O)CC(C)C2=O)CCC1)CC3. The third-order valence-electron chi connectivity index (χ3n) is 16.2. The number of pyridine rings is 2. The van der Waals surface area contributed by atoms with Crippen molar-refractivity contribution in [2.24, 2.45) is 5.92 Å². The summed E-state index contributed by atoms with van der Waals surface area (Å²) in [5.41, 5.74) is 1.17. The van der Waals surface area contributed by atoms with E-state index < -0.39 is 77.9 Å². The summed E-state index contributed by atoms with van der Waals surface area (Å²) >= 11 is 0. The first-order valence-electron chi connectivity index (χ1n) is 27.1. The second-order valence-corrected chi connectivity index (χ2v) is 21.3. The molecule has 2 fully saturated rings. The van der Waals surface area contributed by atoms with E-state index in [0.717, 1.165) is 16.5 Å². The summed E-state index contributed by atoms with van der Waals surface area (Å²) in [5.74, 6) is -5.60. The summed E-state index contributed by atoms with van der Waals surface area (Å²) in [7, 11) is 0. The van der Waals surface area contributed by atoms with Crippen molar-refractivity contribution in [3.63, 3.8) is 0 Å². The van der Waals surface area contributed by atoms with E-state index in [1.165, 1.54) is 15.5 Å². The molecular formula is C57H65FN8O13. The van der Waals surface area contributed by atoms with Crippen LogP contribution in [0.3, 0.4) is 0 Å². The van der Waals surface area contributed by atoms with Gasteiger partial charge < -0.3 is 45.7 Å². The molecule has 2 aromatic heterocycles. The number of rotatable bonds is 23. The first-order valence-corrected chi connectivity index (χ1v) is 27.1. The van der Waals surface area contributed by atoms with Crippen molar-refractivity contribution in [2.75, 3.05) is 32.9 Å². The number of amides is 7. The topological polar surface area (TPSA) is 291 Å². The number of halogens is 1. The highest BCUT2D eigenvalue weighted by atomic mass is 19.1. The molecule has 9 rings (SSSR count). The summed E-state index contributed by atoms with van der Waals surface area (Å²) < 4.78 is 28.5. The summed E-state index contributed by atoms with van der Waals surface area (Å²) in [6.45, 7) is 3.38. The van der Waals surface area contributed by atoms with Crippen molar-refractivity contribution >= 4 is 64.0 Å². The van der Waals surface area contributed by atoms with Gasteiger partial charge in [0.1, 0.15) is 30.8 Å². The fraction of sp³-hybridized carbons (Fsp3) is 0.491. The summed E-state index contributed by atoms with van der Waals surface area (Å²) in [5, 5.41) is 24.9. The van der Waals surface area contributed by atoms with Crippen LogP contribution in [0.25, 0.3) is 22.3 Å². The number of imide groups is 1. The Labute approximate surface area is 454 Å². The molecule has 1 unspecified atom stereocenters. The van der Waals surface area contributed by atoms with Crippen LogP contribution in [-0.2, 0) is 84.2 Å². The molecule has 2 aliphatic carbocycles. The molecule has 4 atom stereocenters.